The van der Waals surface area contributed by atoms with Gasteiger partial charge in [-0.25, -0.2) is 9.59 Å². The Labute approximate surface area is 207 Å². The van der Waals surface area contributed by atoms with E-state index in [0.717, 1.165) is 30.4 Å². The minimum atomic E-state index is -0.598. The number of urea groups is 1. The number of carbonyl (C=O) groups excluding carboxylic acids is 3. The van der Waals surface area contributed by atoms with Gasteiger partial charge in [0.2, 0.25) is 5.91 Å². The molecule has 1 saturated carbocycles. The second-order valence-corrected chi connectivity index (χ2v) is 9.51. The number of aryl methyl sites for hydroxylation is 1. The lowest BCUT2D eigenvalue weighted by molar-refractivity contribution is -0.140. The molecule has 1 aliphatic carbocycles. The molecule has 188 valence electrons. The van der Waals surface area contributed by atoms with Gasteiger partial charge in [0.15, 0.2) is 0 Å². The smallest absolute Gasteiger partial charge is 0.338 e. The van der Waals surface area contributed by atoms with Gasteiger partial charge in [0.05, 0.1) is 18.2 Å². The van der Waals surface area contributed by atoms with Crippen LogP contribution in [-0.2, 0) is 14.3 Å². The lowest BCUT2D eigenvalue weighted by Gasteiger charge is -2.41. The first-order chi connectivity index (χ1) is 16.9. The zero-order valence-corrected chi connectivity index (χ0v) is 20.8. The van der Waals surface area contributed by atoms with Gasteiger partial charge < -0.3 is 15.0 Å². The number of ether oxygens (including phenoxy) is 1. The summed E-state index contributed by atoms with van der Waals surface area (Å²) < 4.78 is 5.47. The molecule has 3 aliphatic rings. The molecular formula is C27H36N4O4. The Balaban J connectivity index is 1.63. The standard InChI is InChI=1S/C27H36N4O4/c1-4-12-31-22(18-29-13-15-30(16-14-29)25(32)20-9-7-10-20)23(26(33)35-5-2)24(28-27(31)34)21-11-6-8-19(3)17-21/h4,6,8,11,17,20,24H,1,5,7,9-10,12-16,18H2,2-3H3,(H,28,34)/t24-/m1/s1. The Morgan fingerprint density at radius 2 is 1.94 bits per heavy atom. The molecule has 4 rings (SSSR count). The summed E-state index contributed by atoms with van der Waals surface area (Å²) in [5, 5.41) is 3.01. The summed E-state index contributed by atoms with van der Waals surface area (Å²) in [4.78, 5) is 44.9. The van der Waals surface area contributed by atoms with Crippen LogP contribution in [0.1, 0.15) is 43.4 Å². The highest BCUT2D eigenvalue weighted by atomic mass is 16.5. The first-order valence-corrected chi connectivity index (χ1v) is 12.6. The zero-order valence-electron chi connectivity index (χ0n) is 20.8. The van der Waals surface area contributed by atoms with Gasteiger partial charge in [-0.1, -0.05) is 42.3 Å². The number of amides is 3. The number of piperazine rings is 1. The predicted octanol–water partition coefficient (Wildman–Crippen LogP) is 3.01. The second kappa shape index (κ2) is 11.1. The van der Waals surface area contributed by atoms with Crippen molar-refractivity contribution in [2.24, 2.45) is 5.92 Å². The van der Waals surface area contributed by atoms with E-state index < -0.39 is 12.0 Å². The molecule has 1 aromatic rings. The van der Waals surface area contributed by atoms with Crippen molar-refractivity contribution >= 4 is 17.9 Å². The number of esters is 1. The van der Waals surface area contributed by atoms with Crippen molar-refractivity contribution in [1.29, 1.82) is 0 Å². The highest BCUT2D eigenvalue weighted by Crippen LogP contribution is 2.33. The van der Waals surface area contributed by atoms with E-state index in [1.165, 1.54) is 0 Å². The third-order valence-electron chi connectivity index (χ3n) is 7.13. The van der Waals surface area contributed by atoms with Crippen molar-refractivity contribution in [3.8, 4) is 0 Å². The molecule has 0 spiro atoms. The van der Waals surface area contributed by atoms with Crippen LogP contribution in [-0.4, -0.2) is 78.5 Å². The average Bonchev–Trinajstić information content (AvgIpc) is 2.80. The van der Waals surface area contributed by atoms with E-state index in [0.29, 0.717) is 44.0 Å². The molecule has 1 N–H and O–H groups in total. The maximum absolute atomic E-state index is 13.3. The summed E-state index contributed by atoms with van der Waals surface area (Å²) in [5.41, 5.74) is 2.97. The van der Waals surface area contributed by atoms with Crippen molar-refractivity contribution in [2.45, 2.75) is 39.2 Å². The average molecular weight is 481 g/mol. The number of rotatable bonds is 8. The van der Waals surface area contributed by atoms with Crippen molar-refractivity contribution in [2.75, 3.05) is 45.9 Å². The first kappa shape index (κ1) is 25.0. The van der Waals surface area contributed by atoms with Gasteiger partial charge >= 0.3 is 12.0 Å². The van der Waals surface area contributed by atoms with E-state index in [2.05, 4.69) is 16.8 Å². The van der Waals surface area contributed by atoms with Gasteiger partial charge in [-0.2, -0.15) is 0 Å². The number of benzene rings is 1. The predicted molar refractivity (Wildman–Crippen MR) is 133 cm³/mol. The fourth-order valence-corrected chi connectivity index (χ4v) is 5.00. The van der Waals surface area contributed by atoms with Gasteiger partial charge in [-0.15, -0.1) is 6.58 Å². The number of carbonyl (C=O) groups is 3. The normalized spacial score (nSPS) is 21.4. The van der Waals surface area contributed by atoms with Crippen molar-refractivity contribution < 1.29 is 19.1 Å². The van der Waals surface area contributed by atoms with Gasteiger partial charge in [0, 0.05) is 50.9 Å². The molecule has 8 heteroatoms. The maximum atomic E-state index is 13.3. The van der Waals surface area contributed by atoms with Crippen molar-refractivity contribution in [3.63, 3.8) is 0 Å². The number of hydrogen-bond donors (Lipinski definition) is 1. The van der Waals surface area contributed by atoms with Gasteiger partial charge in [0.25, 0.3) is 0 Å². The summed E-state index contributed by atoms with van der Waals surface area (Å²) in [6, 6.07) is 6.95. The molecule has 0 radical (unpaired) electrons. The minimum Gasteiger partial charge on any atom is -0.463 e. The maximum Gasteiger partial charge on any atom is 0.338 e. The van der Waals surface area contributed by atoms with Crippen LogP contribution in [0, 0.1) is 12.8 Å². The van der Waals surface area contributed by atoms with Crippen LogP contribution in [0.25, 0.3) is 0 Å². The molecule has 0 unspecified atom stereocenters. The molecule has 1 aromatic carbocycles. The van der Waals surface area contributed by atoms with E-state index in [1.54, 1.807) is 17.9 Å². The molecule has 3 amide bonds. The summed E-state index contributed by atoms with van der Waals surface area (Å²) in [6.07, 6.45) is 4.80. The van der Waals surface area contributed by atoms with Crippen LogP contribution in [0.15, 0.2) is 48.2 Å². The van der Waals surface area contributed by atoms with Crippen LogP contribution >= 0.6 is 0 Å². The fourth-order valence-electron chi connectivity index (χ4n) is 5.00. The van der Waals surface area contributed by atoms with Gasteiger partial charge in [-0.3, -0.25) is 14.6 Å². The van der Waals surface area contributed by atoms with Crippen LogP contribution < -0.4 is 5.32 Å². The highest BCUT2D eigenvalue weighted by molar-refractivity contribution is 5.95. The van der Waals surface area contributed by atoms with E-state index in [1.807, 2.05) is 36.1 Å². The molecule has 1 saturated heterocycles. The minimum absolute atomic E-state index is 0.194. The molecule has 8 nitrogen and oxygen atoms in total. The van der Waals surface area contributed by atoms with E-state index in [-0.39, 0.29) is 31.0 Å². The monoisotopic (exact) mass is 480 g/mol. The first-order valence-electron chi connectivity index (χ1n) is 12.6. The largest absolute Gasteiger partial charge is 0.463 e. The Hall–Kier alpha value is -3.13. The third-order valence-corrected chi connectivity index (χ3v) is 7.13. The Bertz CT molecular complexity index is 1010. The topological polar surface area (TPSA) is 82.2 Å². The van der Waals surface area contributed by atoms with Crippen LogP contribution in [0.4, 0.5) is 4.79 Å². The molecule has 2 heterocycles. The molecule has 0 bridgehead atoms. The van der Waals surface area contributed by atoms with Gasteiger partial charge in [-0.05, 0) is 32.3 Å². The Morgan fingerprint density at radius 1 is 1.20 bits per heavy atom. The van der Waals surface area contributed by atoms with E-state index in [9.17, 15) is 14.4 Å². The SMILES string of the molecule is C=CCN1C(=O)N[C@H](c2cccc(C)c2)C(C(=O)OCC)=C1CN1CCN(C(=O)C2CCC2)CC1. The van der Waals surface area contributed by atoms with E-state index in [4.69, 9.17) is 4.74 Å². The zero-order chi connectivity index (χ0) is 24.9. The molecule has 2 aliphatic heterocycles. The van der Waals surface area contributed by atoms with E-state index >= 15 is 0 Å². The van der Waals surface area contributed by atoms with Crippen molar-refractivity contribution in [3.05, 3.63) is 59.3 Å². The van der Waals surface area contributed by atoms with Crippen LogP contribution in [0.5, 0.6) is 0 Å². The van der Waals surface area contributed by atoms with Crippen LogP contribution in [0.2, 0.25) is 0 Å². The number of hydrogen-bond acceptors (Lipinski definition) is 5. The molecular weight excluding hydrogens is 444 g/mol. The lowest BCUT2D eigenvalue weighted by Crippen LogP contribution is -2.54. The molecule has 0 aromatic heterocycles. The quantitative estimate of drug-likeness (QED) is 0.457. The third kappa shape index (κ3) is 5.42. The number of nitrogens with one attached hydrogen (secondary N) is 1. The fraction of sp³-hybridized carbons (Fsp3) is 0.519. The molecule has 35 heavy (non-hydrogen) atoms. The summed E-state index contributed by atoms with van der Waals surface area (Å²) >= 11 is 0. The summed E-state index contributed by atoms with van der Waals surface area (Å²) in [5.74, 6) is 0.0360. The van der Waals surface area contributed by atoms with Gasteiger partial charge in [0.1, 0.15) is 0 Å². The lowest BCUT2D eigenvalue weighted by atomic mass is 9.84. The Kier molecular flexibility index (Phi) is 7.90. The Morgan fingerprint density at radius 3 is 2.54 bits per heavy atom. The molecule has 2 fully saturated rings. The highest BCUT2D eigenvalue weighted by Gasteiger charge is 2.39. The van der Waals surface area contributed by atoms with Crippen molar-refractivity contribution in [1.82, 2.24) is 20.0 Å². The number of nitrogens with zero attached hydrogens (tertiary/aromatic N) is 3. The molecule has 1 atom stereocenters. The second-order valence-electron chi connectivity index (χ2n) is 9.51. The summed E-state index contributed by atoms with van der Waals surface area (Å²) in [7, 11) is 0. The summed E-state index contributed by atoms with van der Waals surface area (Å²) in [6.45, 7) is 11.2. The van der Waals surface area contributed by atoms with Crippen LogP contribution in [0.3, 0.4) is 0 Å².